The second-order valence-electron chi connectivity index (χ2n) is 5.51. The molecule has 2 heterocycles. The molecule has 1 aliphatic carbocycles. The molecule has 0 atom stereocenters. The first-order chi connectivity index (χ1) is 9.22. The third-order valence-electron chi connectivity index (χ3n) is 3.45. The molecule has 5 heteroatoms. The molecule has 1 N–H and O–H groups in total. The van der Waals surface area contributed by atoms with Crippen LogP contribution in [0.2, 0.25) is 0 Å². The maximum atomic E-state index is 4.58. The van der Waals surface area contributed by atoms with Gasteiger partial charge in [0, 0.05) is 30.7 Å². The van der Waals surface area contributed by atoms with Crippen LogP contribution < -0.4 is 5.32 Å². The largest absolute Gasteiger partial charge is 0.328 e. The quantitative estimate of drug-likeness (QED) is 0.862. The fourth-order valence-corrected chi connectivity index (χ4v) is 2.10. The molecule has 0 aromatic carbocycles. The number of hydrogen-bond acceptors (Lipinski definition) is 3. The van der Waals surface area contributed by atoms with Crippen LogP contribution in [-0.2, 0) is 13.1 Å². The normalized spacial score (nSPS) is 15.3. The average molecular weight is 259 g/mol. The van der Waals surface area contributed by atoms with Crippen LogP contribution in [-0.4, -0.2) is 25.4 Å². The lowest BCUT2D eigenvalue weighted by atomic mass is 10.4. The van der Waals surface area contributed by atoms with Gasteiger partial charge in [-0.15, -0.1) is 0 Å². The lowest BCUT2D eigenvalue weighted by molar-refractivity contribution is 0.521. The Kier molecular flexibility index (Phi) is 3.38. The topological polar surface area (TPSA) is 47.7 Å². The highest BCUT2D eigenvalue weighted by Crippen LogP contribution is 2.19. The Morgan fingerprint density at radius 2 is 2.21 bits per heavy atom. The molecule has 1 fully saturated rings. The smallest absolute Gasteiger partial charge is 0.123 e. The Morgan fingerprint density at radius 1 is 1.37 bits per heavy atom. The fraction of sp³-hybridized carbons (Fsp3) is 0.571. The van der Waals surface area contributed by atoms with Crippen LogP contribution in [0.15, 0.2) is 24.7 Å². The van der Waals surface area contributed by atoms with Crippen molar-refractivity contribution in [2.45, 2.75) is 51.9 Å². The first-order valence-corrected chi connectivity index (χ1v) is 7.00. The van der Waals surface area contributed by atoms with E-state index in [4.69, 9.17) is 0 Å². The molecular formula is C14H21N5. The van der Waals surface area contributed by atoms with Crippen molar-refractivity contribution >= 4 is 0 Å². The molecular weight excluding hydrogens is 238 g/mol. The van der Waals surface area contributed by atoms with Crippen LogP contribution in [0.1, 0.15) is 44.2 Å². The lowest BCUT2D eigenvalue weighted by Crippen LogP contribution is -2.19. The van der Waals surface area contributed by atoms with Gasteiger partial charge in [0.15, 0.2) is 0 Å². The van der Waals surface area contributed by atoms with Gasteiger partial charge in [-0.3, -0.25) is 4.68 Å². The molecule has 1 saturated carbocycles. The van der Waals surface area contributed by atoms with Gasteiger partial charge in [-0.25, -0.2) is 4.98 Å². The Morgan fingerprint density at radius 3 is 2.89 bits per heavy atom. The monoisotopic (exact) mass is 259 g/mol. The number of nitrogens with one attached hydrogen (secondary N) is 1. The van der Waals surface area contributed by atoms with Crippen molar-refractivity contribution in [3.63, 3.8) is 0 Å². The first kappa shape index (κ1) is 12.4. The first-order valence-electron chi connectivity index (χ1n) is 7.00. The molecule has 0 radical (unpaired) electrons. The minimum Gasteiger partial charge on any atom is -0.328 e. The zero-order valence-electron chi connectivity index (χ0n) is 11.6. The number of nitrogens with zero attached hydrogens (tertiary/aromatic N) is 4. The number of hydrogen-bond donors (Lipinski definition) is 1. The van der Waals surface area contributed by atoms with Crippen LogP contribution in [0.25, 0.3) is 0 Å². The van der Waals surface area contributed by atoms with Crippen molar-refractivity contribution in [3.8, 4) is 0 Å². The highest BCUT2D eigenvalue weighted by molar-refractivity contribution is 5.04. The summed E-state index contributed by atoms with van der Waals surface area (Å²) in [5.41, 5.74) is 1.08. The highest BCUT2D eigenvalue weighted by Gasteiger charge is 2.20. The molecule has 2 aromatic rings. The predicted octanol–water partition coefficient (Wildman–Crippen LogP) is 1.96. The maximum Gasteiger partial charge on any atom is 0.123 e. The molecule has 1 aliphatic rings. The van der Waals surface area contributed by atoms with E-state index in [1.165, 1.54) is 12.8 Å². The second-order valence-corrected chi connectivity index (χ2v) is 5.51. The molecule has 0 unspecified atom stereocenters. The summed E-state index contributed by atoms with van der Waals surface area (Å²) >= 11 is 0. The molecule has 2 aromatic heterocycles. The van der Waals surface area contributed by atoms with Crippen LogP contribution in [0, 0.1) is 0 Å². The van der Waals surface area contributed by atoms with Gasteiger partial charge in [0.1, 0.15) is 5.82 Å². The third kappa shape index (κ3) is 3.04. The van der Waals surface area contributed by atoms with Gasteiger partial charge >= 0.3 is 0 Å². The zero-order chi connectivity index (χ0) is 13.2. The summed E-state index contributed by atoms with van der Waals surface area (Å²) in [5.74, 6) is 1.09. The van der Waals surface area contributed by atoms with Gasteiger partial charge in [-0.2, -0.15) is 5.10 Å². The van der Waals surface area contributed by atoms with E-state index >= 15 is 0 Å². The van der Waals surface area contributed by atoms with E-state index in [2.05, 4.69) is 39.9 Å². The van der Waals surface area contributed by atoms with Crippen molar-refractivity contribution < 1.29 is 0 Å². The van der Waals surface area contributed by atoms with Crippen LogP contribution in [0.3, 0.4) is 0 Å². The predicted molar refractivity (Wildman–Crippen MR) is 73.8 cm³/mol. The molecule has 0 spiro atoms. The number of imidazole rings is 1. The molecule has 5 nitrogen and oxygen atoms in total. The molecule has 0 amide bonds. The van der Waals surface area contributed by atoms with E-state index in [1.54, 1.807) is 0 Å². The standard InChI is InChI=1S/C14H21N5/c1-11(2)19-7-5-13(17-19)10-18-8-6-15-14(18)9-16-12-3-4-12/h5-8,11-12,16H,3-4,9-10H2,1-2H3. The summed E-state index contributed by atoms with van der Waals surface area (Å²) in [6.07, 6.45) is 8.54. The SMILES string of the molecule is CC(C)n1ccc(Cn2ccnc2CNC2CC2)n1. The molecule has 19 heavy (non-hydrogen) atoms. The summed E-state index contributed by atoms with van der Waals surface area (Å²) in [4.78, 5) is 4.42. The van der Waals surface area contributed by atoms with E-state index in [-0.39, 0.29) is 0 Å². The summed E-state index contributed by atoms with van der Waals surface area (Å²) < 4.78 is 4.16. The van der Waals surface area contributed by atoms with Gasteiger partial charge in [0.2, 0.25) is 0 Å². The summed E-state index contributed by atoms with van der Waals surface area (Å²) in [6, 6.07) is 3.20. The Hall–Kier alpha value is -1.62. The van der Waals surface area contributed by atoms with E-state index in [9.17, 15) is 0 Å². The van der Waals surface area contributed by atoms with Gasteiger partial charge in [0.25, 0.3) is 0 Å². The zero-order valence-corrected chi connectivity index (χ0v) is 11.6. The summed E-state index contributed by atoms with van der Waals surface area (Å²) in [7, 11) is 0. The second kappa shape index (κ2) is 5.17. The minimum absolute atomic E-state index is 0.410. The lowest BCUT2D eigenvalue weighted by Gasteiger charge is -2.07. The van der Waals surface area contributed by atoms with Crippen LogP contribution >= 0.6 is 0 Å². The van der Waals surface area contributed by atoms with E-state index in [0.717, 1.165) is 24.6 Å². The third-order valence-corrected chi connectivity index (χ3v) is 3.45. The van der Waals surface area contributed by atoms with Gasteiger partial charge in [-0.05, 0) is 32.8 Å². The van der Waals surface area contributed by atoms with Gasteiger partial charge in [-0.1, -0.05) is 0 Å². The van der Waals surface area contributed by atoms with Crippen molar-refractivity contribution in [3.05, 3.63) is 36.2 Å². The number of aromatic nitrogens is 4. The molecule has 0 aliphatic heterocycles. The summed E-state index contributed by atoms with van der Waals surface area (Å²) in [6.45, 7) is 5.92. The van der Waals surface area contributed by atoms with Crippen molar-refractivity contribution in [1.82, 2.24) is 24.6 Å². The minimum atomic E-state index is 0.410. The van der Waals surface area contributed by atoms with Gasteiger partial charge < -0.3 is 9.88 Å². The molecule has 0 saturated heterocycles. The highest BCUT2D eigenvalue weighted by atomic mass is 15.3. The van der Waals surface area contributed by atoms with Gasteiger partial charge in [0.05, 0.1) is 18.8 Å². The molecule has 0 bridgehead atoms. The maximum absolute atomic E-state index is 4.58. The van der Waals surface area contributed by atoms with Crippen LogP contribution in [0.5, 0.6) is 0 Å². The molecule has 102 valence electrons. The Labute approximate surface area is 113 Å². The van der Waals surface area contributed by atoms with Crippen molar-refractivity contribution in [1.29, 1.82) is 0 Å². The average Bonchev–Trinajstić information content (AvgIpc) is 2.92. The Bertz CT molecular complexity index is 536. The van der Waals surface area contributed by atoms with Crippen LogP contribution in [0.4, 0.5) is 0 Å². The molecule has 3 rings (SSSR count). The van der Waals surface area contributed by atoms with E-state index in [1.807, 2.05) is 23.3 Å². The fourth-order valence-electron chi connectivity index (χ4n) is 2.10. The summed E-state index contributed by atoms with van der Waals surface area (Å²) in [5, 5.41) is 8.08. The van der Waals surface area contributed by atoms with E-state index < -0.39 is 0 Å². The van der Waals surface area contributed by atoms with E-state index in [0.29, 0.717) is 12.1 Å². The van der Waals surface area contributed by atoms with Crippen molar-refractivity contribution in [2.24, 2.45) is 0 Å². The Balaban J connectivity index is 1.65. The van der Waals surface area contributed by atoms with Crippen molar-refractivity contribution in [2.75, 3.05) is 0 Å². The number of rotatable bonds is 6.